The van der Waals surface area contributed by atoms with E-state index in [0.29, 0.717) is 5.25 Å². The third-order valence-electron chi connectivity index (χ3n) is 1.75. The molecular weight excluding hydrogens is 192 g/mol. The lowest BCUT2D eigenvalue weighted by Gasteiger charge is -2.22. The average molecular weight is 201 g/mol. The zero-order valence-electron chi connectivity index (χ0n) is 6.67. The first kappa shape index (κ1) is 8.20. The maximum Gasteiger partial charge on any atom is 0.0746 e. The van der Waals surface area contributed by atoms with Crippen LogP contribution in [0.25, 0.3) is 0 Å². The second kappa shape index (κ2) is 3.15. The molecule has 0 saturated heterocycles. The summed E-state index contributed by atoms with van der Waals surface area (Å²) in [6.07, 6.45) is 3.51. The van der Waals surface area contributed by atoms with Crippen molar-refractivity contribution in [2.75, 3.05) is 11.9 Å². The quantitative estimate of drug-likeness (QED) is 0.697. The van der Waals surface area contributed by atoms with Crippen LogP contribution in [-0.4, -0.2) is 16.8 Å². The molecule has 0 radical (unpaired) electrons. The molecule has 2 rings (SSSR count). The molecule has 64 valence electrons. The Morgan fingerprint density at radius 3 is 3.33 bits per heavy atom. The van der Waals surface area contributed by atoms with Gasteiger partial charge in [-0.15, -0.1) is 11.8 Å². The van der Waals surface area contributed by atoms with Crippen molar-refractivity contribution in [1.29, 1.82) is 0 Å². The van der Waals surface area contributed by atoms with Crippen molar-refractivity contribution in [2.45, 2.75) is 17.1 Å². The minimum Gasteiger partial charge on any atom is -0.382 e. The highest BCUT2D eigenvalue weighted by atomic mass is 35.5. The van der Waals surface area contributed by atoms with E-state index in [1.54, 1.807) is 18.0 Å². The summed E-state index contributed by atoms with van der Waals surface area (Å²) < 4.78 is 0. The number of pyridine rings is 1. The Bertz CT molecular complexity index is 303. The van der Waals surface area contributed by atoms with Crippen LogP contribution < -0.4 is 5.32 Å². The van der Waals surface area contributed by atoms with Gasteiger partial charge in [0.25, 0.3) is 0 Å². The lowest BCUT2D eigenvalue weighted by molar-refractivity contribution is 0.969. The van der Waals surface area contributed by atoms with Crippen LogP contribution in [0.15, 0.2) is 17.3 Å². The molecular formula is C8H9ClN2S. The number of thioether (sulfide) groups is 1. The van der Waals surface area contributed by atoms with Crippen molar-refractivity contribution in [3.63, 3.8) is 0 Å². The topological polar surface area (TPSA) is 24.9 Å². The van der Waals surface area contributed by atoms with Crippen LogP contribution in [-0.2, 0) is 0 Å². The van der Waals surface area contributed by atoms with E-state index in [4.69, 9.17) is 11.6 Å². The molecule has 2 heterocycles. The van der Waals surface area contributed by atoms with E-state index >= 15 is 0 Å². The fourth-order valence-electron chi connectivity index (χ4n) is 1.17. The molecule has 1 N–H and O–H groups in total. The Balaban J connectivity index is 2.43. The van der Waals surface area contributed by atoms with Gasteiger partial charge in [0.15, 0.2) is 0 Å². The molecule has 2 nitrogen and oxygen atoms in total. The highest BCUT2D eigenvalue weighted by molar-refractivity contribution is 8.00. The standard InChI is InChI=1S/C8H9ClN2S/c1-5-2-11-7-4-10-3-6(9)8(7)12-5/h3-5,11H,2H2,1H3. The first-order valence-corrected chi connectivity index (χ1v) is 5.07. The number of hydrogen-bond donors (Lipinski definition) is 1. The van der Waals surface area contributed by atoms with Crippen molar-refractivity contribution in [3.05, 3.63) is 17.4 Å². The second-order valence-corrected chi connectivity index (χ2v) is 4.66. The maximum atomic E-state index is 5.98. The molecule has 1 aliphatic rings. The molecule has 1 aromatic rings. The van der Waals surface area contributed by atoms with Crippen molar-refractivity contribution >= 4 is 29.1 Å². The summed E-state index contributed by atoms with van der Waals surface area (Å²) in [5.74, 6) is 0. The summed E-state index contributed by atoms with van der Waals surface area (Å²) in [5.41, 5.74) is 1.06. The first-order chi connectivity index (χ1) is 5.77. The first-order valence-electron chi connectivity index (χ1n) is 3.81. The number of nitrogens with one attached hydrogen (secondary N) is 1. The van der Waals surface area contributed by atoms with Crippen LogP contribution in [0.4, 0.5) is 5.69 Å². The second-order valence-electron chi connectivity index (χ2n) is 2.81. The van der Waals surface area contributed by atoms with Gasteiger partial charge in [0.05, 0.1) is 21.8 Å². The minimum absolute atomic E-state index is 0.581. The number of anilines is 1. The number of halogens is 1. The van der Waals surface area contributed by atoms with Crippen LogP contribution in [0, 0.1) is 0 Å². The number of nitrogens with zero attached hydrogens (tertiary/aromatic N) is 1. The van der Waals surface area contributed by atoms with Gasteiger partial charge in [0.1, 0.15) is 0 Å². The van der Waals surface area contributed by atoms with E-state index < -0.39 is 0 Å². The number of fused-ring (bicyclic) bond motifs is 1. The summed E-state index contributed by atoms with van der Waals surface area (Å²) in [4.78, 5) is 5.14. The van der Waals surface area contributed by atoms with Gasteiger partial charge in [-0.1, -0.05) is 18.5 Å². The van der Waals surface area contributed by atoms with Crippen LogP contribution in [0.3, 0.4) is 0 Å². The normalized spacial score (nSPS) is 21.3. The van der Waals surface area contributed by atoms with Crippen molar-refractivity contribution < 1.29 is 0 Å². The Labute approximate surface area is 80.7 Å². The minimum atomic E-state index is 0.581. The van der Waals surface area contributed by atoms with Gasteiger partial charge in [0, 0.05) is 18.0 Å². The van der Waals surface area contributed by atoms with Crippen LogP contribution in [0.1, 0.15) is 6.92 Å². The van der Waals surface area contributed by atoms with E-state index in [2.05, 4.69) is 17.2 Å². The average Bonchev–Trinajstić information content (AvgIpc) is 2.07. The Hall–Kier alpha value is -0.410. The summed E-state index contributed by atoms with van der Waals surface area (Å²) in [6.45, 7) is 3.16. The van der Waals surface area contributed by atoms with E-state index in [1.165, 1.54) is 0 Å². The predicted octanol–water partition coefficient (Wildman–Crippen LogP) is 2.64. The predicted molar refractivity (Wildman–Crippen MR) is 53.1 cm³/mol. The summed E-state index contributed by atoms with van der Waals surface area (Å²) in [7, 11) is 0. The number of hydrogen-bond acceptors (Lipinski definition) is 3. The highest BCUT2D eigenvalue weighted by Gasteiger charge is 2.17. The molecule has 0 amide bonds. The Kier molecular flexibility index (Phi) is 2.15. The van der Waals surface area contributed by atoms with Gasteiger partial charge in [-0.25, -0.2) is 0 Å². The fourth-order valence-corrected chi connectivity index (χ4v) is 2.44. The molecule has 12 heavy (non-hydrogen) atoms. The molecule has 0 fully saturated rings. The van der Waals surface area contributed by atoms with E-state index in [0.717, 1.165) is 22.2 Å². The third-order valence-corrected chi connectivity index (χ3v) is 3.40. The summed E-state index contributed by atoms with van der Waals surface area (Å²) in [6, 6.07) is 0. The lowest BCUT2D eigenvalue weighted by atomic mass is 10.3. The van der Waals surface area contributed by atoms with Crippen molar-refractivity contribution in [3.8, 4) is 0 Å². The van der Waals surface area contributed by atoms with Gasteiger partial charge < -0.3 is 5.32 Å². The van der Waals surface area contributed by atoms with E-state index in [-0.39, 0.29) is 0 Å². The Morgan fingerprint density at radius 2 is 2.50 bits per heavy atom. The third kappa shape index (κ3) is 1.39. The Morgan fingerprint density at radius 1 is 1.67 bits per heavy atom. The van der Waals surface area contributed by atoms with Gasteiger partial charge >= 0.3 is 0 Å². The molecule has 1 unspecified atom stereocenters. The molecule has 4 heteroatoms. The van der Waals surface area contributed by atoms with Gasteiger partial charge in [-0.2, -0.15) is 0 Å². The molecule has 0 aromatic carbocycles. The highest BCUT2D eigenvalue weighted by Crippen LogP contribution is 2.38. The zero-order valence-corrected chi connectivity index (χ0v) is 8.25. The molecule has 0 aliphatic carbocycles. The van der Waals surface area contributed by atoms with Crippen LogP contribution >= 0.6 is 23.4 Å². The number of rotatable bonds is 0. The molecule has 1 aromatic heterocycles. The molecule has 0 spiro atoms. The number of aromatic nitrogens is 1. The smallest absolute Gasteiger partial charge is 0.0746 e. The molecule has 0 saturated carbocycles. The SMILES string of the molecule is CC1CNc2cncc(Cl)c2S1. The van der Waals surface area contributed by atoms with E-state index in [9.17, 15) is 0 Å². The van der Waals surface area contributed by atoms with Gasteiger partial charge in [-0.3, -0.25) is 4.98 Å². The summed E-state index contributed by atoms with van der Waals surface area (Å²) >= 11 is 7.79. The van der Waals surface area contributed by atoms with Gasteiger partial charge in [0.2, 0.25) is 0 Å². The van der Waals surface area contributed by atoms with Crippen LogP contribution in [0.5, 0.6) is 0 Å². The van der Waals surface area contributed by atoms with Crippen molar-refractivity contribution in [2.24, 2.45) is 0 Å². The molecule has 1 atom stereocenters. The monoisotopic (exact) mass is 200 g/mol. The maximum absolute atomic E-state index is 5.98. The lowest BCUT2D eigenvalue weighted by Crippen LogP contribution is -2.18. The molecule has 0 bridgehead atoms. The largest absolute Gasteiger partial charge is 0.382 e. The van der Waals surface area contributed by atoms with Crippen molar-refractivity contribution in [1.82, 2.24) is 4.98 Å². The summed E-state index contributed by atoms with van der Waals surface area (Å²) in [5, 5.41) is 4.61. The van der Waals surface area contributed by atoms with E-state index in [1.807, 2.05) is 6.20 Å². The zero-order chi connectivity index (χ0) is 8.55. The van der Waals surface area contributed by atoms with Gasteiger partial charge in [-0.05, 0) is 0 Å². The van der Waals surface area contributed by atoms with Crippen LogP contribution in [0.2, 0.25) is 5.02 Å². The fraction of sp³-hybridized carbons (Fsp3) is 0.375. The molecule has 1 aliphatic heterocycles.